The second-order valence-corrected chi connectivity index (χ2v) is 5.90. The minimum absolute atomic E-state index is 0.0300. The number of rotatable bonds is 7. The summed E-state index contributed by atoms with van der Waals surface area (Å²) in [5.74, 6) is 3.33. The zero-order chi connectivity index (χ0) is 15.2. The standard InChI is InChI=1S/C13H19N5O2S/c1-9(2)18-12(15-16-17-18)7-21-8-13(19)14-6-11-5-4-10(3)20-11/h4-5,9H,6-8H2,1-3H3,(H,14,19). The summed E-state index contributed by atoms with van der Waals surface area (Å²) in [5.41, 5.74) is 0. The Kier molecular flexibility index (Phi) is 5.38. The normalized spacial score (nSPS) is 11.0. The summed E-state index contributed by atoms with van der Waals surface area (Å²) in [7, 11) is 0. The van der Waals surface area contributed by atoms with Gasteiger partial charge in [0.2, 0.25) is 5.91 Å². The summed E-state index contributed by atoms with van der Waals surface area (Å²) in [4.78, 5) is 11.7. The molecule has 1 N–H and O–H groups in total. The van der Waals surface area contributed by atoms with Crippen LogP contribution >= 0.6 is 11.8 Å². The molecule has 0 bridgehead atoms. The van der Waals surface area contributed by atoms with E-state index >= 15 is 0 Å². The van der Waals surface area contributed by atoms with Gasteiger partial charge in [0.05, 0.1) is 24.1 Å². The van der Waals surface area contributed by atoms with Gasteiger partial charge in [0, 0.05) is 0 Å². The van der Waals surface area contributed by atoms with Crippen LogP contribution in [0.5, 0.6) is 0 Å². The molecule has 1 amide bonds. The summed E-state index contributed by atoms with van der Waals surface area (Å²) >= 11 is 1.49. The zero-order valence-corrected chi connectivity index (χ0v) is 13.2. The fourth-order valence-electron chi connectivity index (χ4n) is 1.76. The molecule has 0 radical (unpaired) electrons. The largest absolute Gasteiger partial charge is 0.465 e. The van der Waals surface area contributed by atoms with Gasteiger partial charge in [0.25, 0.3) is 0 Å². The molecule has 0 aliphatic rings. The van der Waals surface area contributed by atoms with Crippen molar-refractivity contribution < 1.29 is 9.21 Å². The summed E-state index contributed by atoms with van der Waals surface area (Å²) < 4.78 is 7.15. The summed E-state index contributed by atoms with van der Waals surface area (Å²) in [6, 6.07) is 3.95. The maximum Gasteiger partial charge on any atom is 0.230 e. The van der Waals surface area contributed by atoms with Crippen molar-refractivity contribution in [3.8, 4) is 0 Å². The Morgan fingerprint density at radius 2 is 2.29 bits per heavy atom. The van der Waals surface area contributed by atoms with Gasteiger partial charge < -0.3 is 9.73 Å². The topological polar surface area (TPSA) is 85.8 Å². The number of carbonyl (C=O) groups excluding carboxylic acids is 1. The van der Waals surface area contributed by atoms with Crippen molar-refractivity contribution >= 4 is 17.7 Å². The van der Waals surface area contributed by atoms with Gasteiger partial charge >= 0.3 is 0 Å². The van der Waals surface area contributed by atoms with E-state index in [4.69, 9.17) is 4.42 Å². The van der Waals surface area contributed by atoms with Crippen LogP contribution in [0.2, 0.25) is 0 Å². The zero-order valence-electron chi connectivity index (χ0n) is 12.4. The number of amides is 1. The second kappa shape index (κ2) is 7.26. The van der Waals surface area contributed by atoms with Crippen LogP contribution in [0.25, 0.3) is 0 Å². The van der Waals surface area contributed by atoms with Crippen LogP contribution in [0.15, 0.2) is 16.5 Å². The van der Waals surface area contributed by atoms with E-state index in [-0.39, 0.29) is 11.9 Å². The lowest BCUT2D eigenvalue weighted by Crippen LogP contribution is -2.24. The van der Waals surface area contributed by atoms with Gasteiger partial charge in [-0.1, -0.05) is 0 Å². The number of nitrogens with one attached hydrogen (secondary N) is 1. The Labute approximate surface area is 127 Å². The summed E-state index contributed by atoms with van der Waals surface area (Å²) in [6.07, 6.45) is 0. The third kappa shape index (κ3) is 4.59. The van der Waals surface area contributed by atoms with Crippen LogP contribution in [-0.4, -0.2) is 31.9 Å². The predicted octanol–water partition coefficient (Wildman–Crippen LogP) is 1.71. The number of aromatic nitrogens is 4. The van der Waals surface area contributed by atoms with Gasteiger partial charge in [-0.2, -0.15) is 0 Å². The third-order valence-electron chi connectivity index (χ3n) is 2.77. The van der Waals surface area contributed by atoms with E-state index in [1.165, 1.54) is 11.8 Å². The molecule has 0 aliphatic heterocycles. The van der Waals surface area contributed by atoms with Crippen molar-refractivity contribution in [1.82, 2.24) is 25.5 Å². The number of furan rings is 1. The number of tetrazole rings is 1. The lowest BCUT2D eigenvalue weighted by atomic mass is 10.4. The number of hydrogen-bond donors (Lipinski definition) is 1. The molecule has 0 fully saturated rings. The molecular formula is C13H19N5O2S. The van der Waals surface area contributed by atoms with Gasteiger partial charge in [-0.25, -0.2) is 4.68 Å². The van der Waals surface area contributed by atoms with Crippen molar-refractivity contribution in [3.63, 3.8) is 0 Å². The van der Waals surface area contributed by atoms with Gasteiger partial charge in [-0.3, -0.25) is 4.79 Å². The van der Waals surface area contributed by atoms with Crippen LogP contribution in [0.3, 0.4) is 0 Å². The summed E-state index contributed by atoms with van der Waals surface area (Å²) in [6.45, 7) is 6.32. The fraction of sp³-hybridized carbons (Fsp3) is 0.538. The average Bonchev–Trinajstić information content (AvgIpc) is 3.05. The minimum atomic E-state index is -0.0300. The van der Waals surface area contributed by atoms with Gasteiger partial charge in [0.1, 0.15) is 11.5 Å². The highest BCUT2D eigenvalue weighted by atomic mass is 32.2. The first-order valence-corrected chi connectivity index (χ1v) is 7.88. The van der Waals surface area contributed by atoms with Crippen molar-refractivity contribution in [2.45, 2.75) is 39.1 Å². The molecule has 0 aromatic carbocycles. The Morgan fingerprint density at radius 1 is 1.48 bits per heavy atom. The maximum absolute atomic E-state index is 11.7. The number of carbonyl (C=O) groups is 1. The molecule has 2 aromatic heterocycles. The SMILES string of the molecule is Cc1ccc(CNC(=O)CSCc2nnnn2C(C)C)o1. The smallest absolute Gasteiger partial charge is 0.230 e. The van der Waals surface area contributed by atoms with Crippen LogP contribution in [0, 0.1) is 6.92 Å². The molecule has 0 aliphatic carbocycles. The highest BCUT2D eigenvalue weighted by molar-refractivity contribution is 7.99. The van der Waals surface area contributed by atoms with E-state index in [1.54, 1.807) is 4.68 Å². The van der Waals surface area contributed by atoms with E-state index in [1.807, 2.05) is 32.9 Å². The molecule has 2 rings (SSSR count). The van der Waals surface area contributed by atoms with Crippen LogP contribution in [0.1, 0.15) is 37.2 Å². The van der Waals surface area contributed by atoms with Crippen molar-refractivity contribution in [2.24, 2.45) is 0 Å². The Balaban J connectivity index is 1.70. The fourth-order valence-corrected chi connectivity index (χ4v) is 2.52. The van der Waals surface area contributed by atoms with E-state index in [0.29, 0.717) is 18.1 Å². The monoisotopic (exact) mass is 309 g/mol. The second-order valence-electron chi connectivity index (χ2n) is 4.92. The van der Waals surface area contributed by atoms with Crippen molar-refractivity contribution in [2.75, 3.05) is 5.75 Å². The molecule has 2 aromatic rings. The molecule has 0 spiro atoms. The van der Waals surface area contributed by atoms with Crippen molar-refractivity contribution in [1.29, 1.82) is 0 Å². The molecule has 0 saturated heterocycles. The first-order valence-electron chi connectivity index (χ1n) is 6.72. The molecule has 114 valence electrons. The molecular weight excluding hydrogens is 290 g/mol. The van der Waals surface area contributed by atoms with Crippen LogP contribution in [-0.2, 0) is 17.1 Å². The highest BCUT2D eigenvalue weighted by Gasteiger charge is 2.10. The molecule has 2 heterocycles. The average molecular weight is 309 g/mol. The first kappa shape index (κ1) is 15.6. The molecule has 0 saturated carbocycles. The Hall–Kier alpha value is -1.83. The van der Waals surface area contributed by atoms with Gasteiger partial charge in [-0.15, -0.1) is 16.9 Å². The lowest BCUT2D eigenvalue weighted by molar-refractivity contribution is -0.118. The molecule has 8 heteroatoms. The first-order chi connectivity index (χ1) is 10.1. The maximum atomic E-state index is 11.7. The number of aryl methyl sites for hydroxylation is 1. The predicted molar refractivity (Wildman–Crippen MR) is 79.7 cm³/mol. The number of hydrogen-bond acceptors (Lipinski definition) is 6. The van der Waals surface area contributed by atoms with Gasteiger partial charge in [-0.05, 0) is 43.3 Å². The summed E-state index contributed by atoms with van der Waals surface area (Å²) in [5, 5.41) is 14.4. The number of thioether (sulfide) groups is 1. The Morgan fingerprint density at radius 3 is 2.95 bits per heavy atom. The van der Waals surface area contributed by atoms with Crippen molar-refractivity contribution in [3.05, 3.63) is 29.5 Å². The molecule has 7 nitrogen and oxygen atoms in total. The van der Waals surface area contributed by atoms with Crippen LogP contribution in [0.4, 0.5) is 0 Å². The quantitative estimate of drug-likeness (QED) is 0.838. The number of nitrogens with zero attached hydrogens (tertiary/aromatic N) is 4. The van der Waals surface area contributed by atoms with E-state index in [0.717, 1.165) is 17.3 Å². The van der Waals surface area contributed by atoms with E-state index < -0.39 is 0 Å². The minimum Gasteiger partial charge on any atom is -0.465 e. The molecule has 0 unspecified atom stereocenters. The highest BCUT2D eigenvalue weighted by Crippen LogP contribution is 2.12. The molecule has 21 heavy (non-hydrogen) atoms. The van der Waals surface area contributed by atoms with Gasteiger partial charge in [0.15, 0.2) is 5.82 Å². The van der Waals surface area contributed by atoms with Crippen LogP contribution < -0.4 is 5.32 Å². The third-order valence-corrected chi connectivity index (χ3v) is 3.70. The molecule has 0 atom stereocenters. The Bertz CT molecular complexity index is 593. The lowest BCUT2D eigenvalue weighted by Gasteiger charge is -2.07. The van der Waals surface area contributed by atoms with E-state index in [2.05, 4.69) is 20.8 Å². The van der Waals surface area contributed by atoms with E-state index in [9.17, 15) is 4.79 Å².